The Morgan fingerprint density at radius 3 is 2.58 bits per heavy atom. The lowest BCUT2D eigenvalue weighted by Gasteiger charge is -2.11. The number of hydrogen-bond donors (Lipinski definition) is 0. The van der Waals surface area contributed by atoms with E-state index in [0.717, 1.165) is 17.9 Å². The van der Waals surface area contributed by atoms with Crippen LogP contribution in [-0.4, -0.2) is 9.55 Å². The molecule has 1 aromatic carbocycles. The first kappa shape index (κ1) is 12.2. The van der Waals surface area contributed by atoms with E-state index in [2.05, 4.69) is 67.6 Å². The van der Waals surface area contributed by atoms with Crippen molar-refractivity contribution in [2.24, 2.45) is 5.92 Å². The van der Waals surface area contributed by atoms with Gasteiger partial charge >= 0.3 is 0 Å². The summed E-state index contributed by atoms with van der Waals surface area (Å²) >= 11 is 0. The predicted octanol–water partition coefficient (Wildman–Crippen LogP) is 4.46. The lowest BCUT2D eigenvalue weighted by Crippen LogP contribution is -2.05. The van der Waals surface area contributed by atoms with Crippen LogP contribution in [0.25, 0.3) is 21.8 Å². The normalized spacial score (nSPS) is 11.8. The van der Waals surface area contributed by atoms with Crippen molar-refractivity contribution in [3.63, 3.8) is 0 Å². The zero-order chi connectivity index (χ0) is 13.6. The third-order valence-electron chi connectivity index (χ3n) is 3.60. The molecule has 0 bridgehead atoms. The van der Waals surface area contributed by atoms with E-state index in [1.807, 2.05) is 0 Å². The van der Waals surface area contributed by atoms with Crippen LogP contribution in [0.5, 0.6) is 0 Å². The summed E-state index contributed by atoms with van der Waals surface area (Å²) in [6, 6.07) is 10.9. The van der Waals surface area contributed by atoms with Gasteiger partial charge in [0.05, 0.1) is 11.2 Å². The Labute approximate surface area is 114 Å². The summed E-state index contributed by atoms with van der Waals surface area (Å²) in [6.45, 7) is 9.75. The van der Waals surface area contributed by atoms with E-state index in [1.165, 1.54) is 21.8 Å². The van der Waals surface area contributed by atoms with Gasteiger partial charge < -0.3 is 4.57 Å². The van der Waals surface area contributed by atoms with Crippen molar-refractivity contribution in [3.8, 4) is 0 Å². The highest BCUT2D eigenvalue weighted by atomic mass is 15.0. The summed E-state index contributed by atoms with van der Waals surface area (Å²) in [7, 11) is 0. The zero-order valence-electron chi connectivity index (χ0n) is 12.1. The molecule has 0 amide bonds. The minimum absolute atomic E-state index is 0.625. The quantitative estimate of drug-likeness (QED) is 0.658. The predicted molar refractivity (Wildman–Crippen MR) is 81.6 cm³/mol. The SMILES string of the molecule is Cc1cc2c3ccccc3n(CC(C)C)c2c(C)n1. The molecule has 2 heteroatoms. The summed E-state index contributed by atoms with van der Waals surface area (Å²) in [5.74, 6) is 0.625. The molecule has 2 aromatic heterocycles. The maximum atomic E-state index is 4.64. The zero-order valence-corrected chi connectivity index (χ0v) is 12.1. The highest BCUT2D eigenvalue weighted by Gasteiger charge is 2.14. The molecule has 0 aliphatic carbocycles. The topological polar surface area (TPSA) is 17.8 Å². The molecule has 98 valence electrons. The summed E-state index contributed by atoms with van der Waals surface area (Å²) in [5, 5.41) is 2.67. The highest BCUT2D eigenvalue weighted by Crippen LogP contribution is 2.31. The van der Waals surface area contributed by atoms with Gasteiger partial charge in [0.1, 0.15) is 0 Å². The standard InChI is InChI=1S/C17H20N2/c1-11(2)10-19-16-8-6-5-7-14(16)15-9-12(3)18-13(4)17(15)19/h5-9,11H,10H2,1-4H3. The van der Waals surface area contributed by atoms with Gasteiger partial charge in [0.2, 0.25) is 0 Å². The van der Waals surface area contributed by atoms with Crippen molar-refractivity contribution in [1.29, 1.82) is 0 Å². The van der Waals surface area contributed by atoms with E-state index in [0.29, 0.717) is 5.92 Å². The van der Waals surface area contributed by atoms with Crippen molar-refractivity contribution >= 4 is 21.8 Å². The van der Waals surface area contributed by atoms with E-state index < -0.39 is 0 Å². The first-order chi connectivity index (χ1) is 9.08. The molecule has 2 nitrogen and oxygen atoms in total. The number of aryl methyl sites for hydroxylation is 2. The van der Waals surface area contributed by atoms with Crippen molar-refractivity contribution in [2.75, 3.05) is 0 Å². The Kier molecular flexibility index (Phi) is 2.81. The summed E-state index contributed by atoms with van der Waals surface area (Å²) in [4.78, 5) is 4.64. The van der Waals surface area contributed by atoms with Crippen molar-refractivity contribution < 1.29 is 0 Å². The third kappa shape index (κ3) is 1.92. The van der Waals surface area contributed by atoms with Crippen LogP contribution in [0, 0.1) is 19.8 Å². The summed E-state index contributed by atoms with van der Waals surface area (Å²) in [6.07, 6.45) is 0. The van der Waals surface area contributed by atoms with Gasteiger partial charge in [0.15, 0.2) is 0 Å². The Balaban J connectivity index is 2.48. The van der Waals surface area contributed by atoms with E-state index in [-0.39, 0.29) is 0 Å². The number of benzene rings is 1. The van der Waals surface area contributed by atoms with Gasteiger partial charge in [0, 0.05) is 28.5 Å². The average molecular weight is 252 g/mol. The van der Waals surface area contributed by atoms with Crippen molar-refractivity contribution in [1.82, 2.24) is 9.55 Å². The second-order valence-corrected chi connectivity index (χ2v) is 5.77. The maximum Gasteiger partial charge on any atom is 0.0707 e. The minimum atomic E-state index is 0.625. The van der Waals surface area contributed by atoms with Gasteiger partial charge in [-0.15, -0.1) is 0 Å². The van der Waals surface area contributed by atoms with Gasteiger partial charge in [0.25, 0.3) is 0 Å². The van der Waals surface area contributed by atoms with Crippen LogP contribution in [-0.2, 0) is 6.54 Å². The molecule has 2 heterocycles. The minimum Gasteiger partial charge on any atom is -0.339 e. The molecule has 0 N–H and O–H groups in total. The average Bonchev–Trinajstić information content (AvgIpc) is 2.64. The smallest absolute Gasteiger partial charge is 0.0707 e. The molecule has 0 saturated carbocycles. The molecule has 0 aliphatic rings. The van der Waals surface area contributed by atoms with Crippen LogP contribution in [0.1, 0.15) is 25.2 Å². The molecule has 0 unspecified atom stereocenters. The molecule has 19 heavy (non-hydrogen) atoms. The van der Waals surface area contributed by atoms with E-state index in [9.17, 15) is 0 Å². The number of aromatic nitrogens is 2. The summed E-state index contributed by atoms with van der Waals surface area (Å²) in [5.41, 5.74) is 4.84. The van der Waals surface area contributed by atoms with E-state index in [1.54, 1.807) is 0 Å². The Hall–Kier alpha value is -1.83. The van der Waals surface area contributed by atoms with Gasteiger partial charge in [-0.1, -0.05) is 32.0 Å². The Morgan fingerprint density at radius 1 is 1.11 bits per heavy atom. The van der Waals surface area contributed by atoms with E-state index in [4.69, 9.17) is 0 Å². The molecule has 0 saturated heterocycles. The van der Waals surface area contributed by atoms with Crippen LogP contribution in [0.4, 0.5) is 0 Å². The lowest BCUT2D eigenvalue weighted by atomic mass is 10.1. The molecular formula is C17H20N2. The Morgan fingerprint density at radius 2 is 1.84 bits per heavy atom. The van der Waals surface area contributed by atoms with Crippen LogP contribution >= 0.6 is 0 Å². The summed E-state index contributed by atoms with van der Waals surface area (Å²) < 4.78 is 2.43. The first-order valence-corrected chi connectivity index (χ1v) is 6.93. The lowest BCUT2D eigenvalue weighted by molar-refractivity contribution is 0.544. The first-order valence-electron chi connectivity index (χ1n) is 6.93. The molecule has 0 atom stereocenters. The van der Waals surface area contributed by atoms with Crippen LogP contribution in [0.2, 0.25) is 0 Å². The second-order valence-electron chi connectivity index (χ2n) is 5.77. The molecule has 0 radical (unpaired) electrons. The fourth-order valence-electron chi connectivity index (χ4n) is 2.98. The number of nitrogens with zero attached hydrogens (tertiary/aromatic N) is 2. The van der Waals surface area contributed by atoms with Crippen LogP contribution in [0.15, 0.2) is 30.3 Å². The second kappa shape index (κ2) is 4.37. The third-order valence-corrected chi connectivity index (χ3v) is 3.60. The van der Waals surface area contributed by atoms with Crippen molar-refractivity contribution in [3.05, 3.63) is 41.7 Å². The van der Waals surface area contributed by atoms with Crippen LogP contribution < -0.4 is 0 Å². The monoisotopic (exact) mass is 252 g/mol. The fraction of sp³-hybridized carbons (Fsp3) is 0.353. The van der Waals surface area contributed by atoms with Gasteiger partial charge in [-0.3, -0.25) is 4.98 Å². The van der Waals surface area contributed by atoms with Gasteiger partial charge in [-0.25, -0.2) is 0 Å². The van der Waals surface area contributed by atoms with Gasteiger partial charge in [-0.05, 0) is 31.9 Å². The number of fused-ring (bicyclic) bond motifs is 3. The van der Waals surface area contributed by atoms with Crippen molar-refractivity contribution in [2.45, 2.75) is 34.2 Å². The number of rotatable bonds is 2. The van der Waals surface area contributed by atoms with Gasteiger partial charge in [-0.2, -0.15) is 0 Å². The molecule has 0 aliphatic heterocycles. The van der Waals surface area contributed by atoms with E-state index >= 15 is 0 Å². The molecule has 0 spiro atoms. The largest absolute Gasteiger partial charge is 0.339 e. The maximum absolute atomic E-state index is 4.64. The molecule has 0 fully saturated rings. The molecule has 3 rings (SSSR count). The molecule has 3 aromatic rings. The number of hydrogen-bond acceptors (Lipinski definition) is 1. The Bertz CT molecular complexity index is 751. The highest BCUT2D eigenvalue weighted by molar-refractivity contribution is 6.08. The molecular weight excluding hydrogens is 232 g/mol. The van der Waals surface area contributed by atoms with Crippen LogP contribution in [0.3, 0.4) is 0 Å². The fourth-order valence-corrected chi connectivity index (χ4v) is 2.98. The number of para-hydroxylation sites is 1. The number of pyridine rings is 1.